The van der Waals surface area contributed by atoms with Crippen molar-refractivity contribution in [3.63, 3.8) is 0 Å². The largest absolute Gasteiger partial charge is 0.383 e. The molecule has 0 saturated heterocycles. The van der Waals surface area contributed by atoms with Gasteiger partial charge in [0.1, 0.15) is 10.5 Å². The molecule has 1 atom stereocenters. The topological polar surface area (TPSA) is 35.0 Å². The van der Waals surface area contributed by atoms with E-state index in [1.165, 1.54) is 11.3 Å². The third kappa shape index (κ3) is 3.14. The van der Waals surface area contributed by atoms with Gasteiger partial charge in [0.25, 0.3) is 0 Å². The molecule has 0 aromatic carbocycles. The molecule has 0 N–H and O–H groups in total. The van der Waals surface area contributed by atoms with E-state index in [0.717, 1.165) is 11.4 Å². The lowest BCUT2D eigenvalue weighted by Gasteiger charge is -2.03. The normalized spacial score (nSPS) is 13.3. The lowest BCUT2D eigenvalue weighted by atomic mass is 10.3. The monoisotopic (exact) mass is 192 g/mol. The Morgan fingerprint density at radius 1 is 1.82 bits per heavy atom. The first kappa shape index (κ1) is 8.90. The molecule has 11 heavy (non-hydrogen) atoms. The van der Waals surface area contributed by atoms with E-state index < -0.39 is 0 Å². The van der Waals surface area contributed by atoms with E-state index in [0.29, 0.717) is 6.61 Å². The number of halogens is 1. The van der Waals surface area contributed by atoms with Crippen LogP contribution in [0.3, 0.4) is 0 Å². The summed E-state index contributed by atoms with van der Waals surface area (Å²) < 4.78 is 4.88. The van der Waals surface area contributed by atoms with Crippen molar-refractivity contribution in [2.75, 3.05) is 13.7 Å². The Balaban J connectivity index is 2.31. The summed E-state index contributed by atoms with van der Waals surface area (Å²) in [6, 6.07) is 0. The van der Waals surface area contributed by atoms with Crippen molar-refractivity contribution in [2.24, 2.45) is 0 Å². The molecule has 3 nitrogen and oxygen atoms in total. The van der Waals surface area contributed by atoms with Crippen LogP contribution in [0.5, 0.6) is 0 Å². The summed E-state index contributed by atoms with van der Waals surface area (Å²) in [5, 5.41) is 8.54. The molecule has 1 aromatic rings. The molecule has 1 rings (SSSR count). The SMILES string of the molecule is COCC(Cl)Cc1nncs1. The van der Waals surface area contributed by atoms with E-state index >= 15 is 0 Å². The second-order valence-corrected chi connectivity index (χ2v) is 3.62. The molecule has 1 unspecified atom stereocenters. The Hall–Kier alpha value is -0.190. The lowest BCUT2D eigenvalue weighted by molar-refractivity contribution is 0.197. The predicted molar refractivity (Wildman–Crippen MR) is 45.1 cm³/mol. The number of hydrogen-bond donors (Lipinski definition) is 0. The van der Waals surface area contributed by atoms with Gasteiger partial charge in [-0.25, -0.2) is 0 Å². The molecule has 0 fully saturated rings. The maximum Gasteiger partial charge on any atom is 0.118 e. The minimum Gasteiger partial charge on any atom is -0.383 e. The molecule has 1 aromatic heterocycles. The number of ether oxygens (including phenoxy) is 1. The van der Waals surface area contributed by atoms with Gasteiger partial charge in [-0.15, -0.1) is 33.1 Å². The first-order valence-electron chi connectivity index (χ1n) is 3.21. The highest BCUT2D eigenvalue weighted by molar-refractivity contribution is 7.09. The fourth-order valence-electron chi connectivity index (χ4n) is 0.714. The Kier molecular flexibility index (Phi) is 3.76. The first-order chi connectivity index (χ1) is 5.33. The van der Waals surface area contributed by atoms with Gasteiger partial charge in [0.15, 0.2) is 0 Å². The van der Waals surface area contributed by atoms with Crippen molar-refractivity contribution in [1.29, 1.82) is 0 Å². The van der Waals surface area contributed by atoms with E-state index in [9.17, 15) is 0 Å². The first-order valence-corrected chi connectivity index (χ1v) is 4.52. The molecule has 0 aliphatic carbocycles. The summed E-state index contributed by atoms with van der Waals surface area (Å²) in [7, 11) is 1.63. The summed E-state index contributed by atoms with van der Waals surface area (Å²) in [5.74, 6) is 0. The van der Waals surface area contributed by atoms with E-state index in [1.807, 2.05) is 0 Å². The minimum absolute atomic E-state index is 0.00736. The minimum atomic E-state index is 0.00736. The van der Waals surface area contributed by atoms with E-state index in [-0.39, 0.29) is 5.38 Å². The Labute approximate surface area is 74.4 Å². The van der Waals surface area contributed by atoms with Crippen molar-refractivity contribution >= 4 is 22.9 Å². The zero-order valence-corrected chi connectivity index (χ0v) is 7.73. The van der Waals surface area contributed by atoms with Crippen LogP contribution in [0, 0.1) is 0 Å². The average molecular weight is 193 g/mol. The summed E-state index contributed by atoms with van der Waals surface area (Å²) >= 11 is 7.40. The summed E-state index contributed by atoms with van der Waals surface area (Å²) in [6.45, 7) is 0.557. The zero-order chi connectivity index (χ0) is 8.10. The molecule has 0 aliphatic rings. The van der Waals surface area contributed by atoms with Crippen molar-refractivity contribution in [3.05, 3.63) is 10.5 Å². The summed E-state index contributed by atoms with van der Waals surface area (Å²) in [6.07, 6.45) is 0.736. The fourth-order valence-corrected chi connectivity index (χ4v) is 1.69. The predicted octanol–water partition coefficient (Wildman–Crippen LogP) is 1.33. The molecule has 0 aliphatic heterocycles. The number of alkyl halides is 1. The van der Waals surface area contributed by atoms with Crippen LogP contribution in [0.25, 0.3) is 0 Å². The van der Waals surface area contributed by atoms with Gasteiger partial charge in [-0.05, 0) is 0 Å². The maximum absolute atomic E-state index is 5.89. The molecule has 62 valence electrons. The molecule has 0 spiro atoms. The molecule has 0 saturated carbocycles. The quantitative estimate of drug-likeness (QED) is 0.676. The van der Waals surface area contributed by atoms with Crippen LogP contribution in [0.2, 0.25) is 0 Å². The molecule has 0 radical (unpaired) electrons. The molecular weight excluding hydrogens is 184 g/mol. The standard InChI is InChI=1S/C6H9ClN2OS/c1-10-3-5(7)2-6-9-8-4-11-6/h4-5H,2-3H2,1H3. The second kappa shape index (κ2) is 4.64. The van der Waals surface area contributed by atoms with Crippen molar-refractivity contribution in [2.45, 2.75) is 11.8 Å². The maximum atomic E-state index is 5.89. The second-order valence-electron chi connectivity index (χ2n) is 2.09. The number of rotatable bonds is 4. The molecule has 5 heteroatoms. The zero-order valence-electron chi connectivity index (χ0n) is 6.16. The van der Waals surface area contributed by atoms with Crippen molar-refractivity contribution in [1.82, 2.24) is 10.2 Å². The van der Waals surface area contributed by atoms with Crippen LogP contribution in [0.15, 0.2) is 5.51 Å². The Morgan fingerprint density at radius 3 is 3.18 bits per heavy atom. The van der Waals surface area contributed by atoms with E-state index in [4.69, 9.17) is 16.3 Å². The van der Waals surface area contributed by atoms with Crippen LogP contribution in [-0.4, -0.2) is 29.3 Å². The molecular formula is C6H9ClN2OS. The number of hydrogen-bond acceptors (Lipinski definition) is 4. The van der Waals surface area contributed by atoms with Crippen LogP contribution in [0.1, 0.15) is 5.01 Å². The van der Waals surface area contributed by atoms with Crippen LogP contribution >= 0.6 is 22.9 Å². The highest BCUT2D eigenvalue weighted by Crippen LogP contribution is 2.09. The average Bonchev–Trinajstić information content (AvgIpc) is 2.40. The fraction of sp³-hybridized carbons (Fsp3) is 0.667. The number of methoxy groups -OCH3 is 1. The summed E-state index contributed by atoms with van der Waals surface area (Å²) in [5.41, 5.74) is 1.70. The van der Waals surface area contributed by atoms with Gasteiger partial charge in [-0.1, -0.05) is 0 Å². The van der Waals surface area contributed by atoms with Crippen LogP contribution in [0.4, 0.5) is 0 Å². The van der Waals surface area contributed by atoms with E-state index in [2.05, 4.69) is 10.2 Å². The third-order valence-corrected chi connectivity index (χ3v) is 2.15. The van der Waals surface area contributed by atoms with Crippen LogP contribution in [-0.2, 0) is 11.2 Å². The Bertz CT molecular complexity index is 192. The number of aromatic nitrogens is 2. The number of nitrogens with zero attached hydrogens (tertiary/aromatic N) is 2. The molecule has 1 heterocycles. The van der Waals surface area contributed by atoms with Gasteiger partial charge in [-0.2, -0.15) is 0 Å². The third-order valence-electron chi connectivity index (χ3n) is 1.15. The van der Waals surface area contributed by atoms with Gasteiger partial charge in [0.05, 0.1) is 12.0 Å². The lowest BCUT2D eigenvalue weighted by Crippen LogP contribution is -2.10. The van der Waals surface area contributed by atoms with Gasteiger partial charge in [-0.3, -0.25) is 0 Å². The molecule has 0 amide bonds. The van der Waals surface area contributed by atoms with Gasteiger partial charge >= 0.3 is 0 Å². The highest BCUT2D eigenvalue weighted by atomic mass is 35.5. The van der Waals surface area contributed by atoms with Gasteiger partial charge in [0, 0.05) is 13.5 Å². The highest BCUT2D eigenvalue weighted by Gasteiger charge is 2.07. The van der Waals surface area contributed by atoms with Gasteiger partial charge in [0.2, 0.25) is 0 Å². The van der Waals surface area contributed by atoms with Crippen molar-refractivity contribution < 1.29 is 4.74 Å². The smallest absolute Gasteiger partial charge is 0.118 e. The van der Waals surface area contributed by atoms with E-state index in [1.54, 1.807) is 12.6 Å². The van der Waals surface area contributed by atoms with Gasteiger partial charge < -0.3 is 4.74 Å². The Morgan fingerprint density at radius 2 is 2.64 bits per heavy atom. The van der Waals surface area contributed by atoms with Crippen molar-refractivity contribution in [3.8, 4) is 0 Å². The summed E-state index contributed by atoms with van der Waals surface area (Å²) in [4.78, 5) is 0. The van der Waals surface area contributed by atoms with Crippen LogP contribution < -0.4 is 0 Å². The molecule has 0 bridgehead atoms.